The Bertz CT molecular complexity index is 2890. The van der Waals surface area contributed by atoms with Crippen LogP contribution in [-0.4, -0.2) is 0 Å². The molecular formula is C52H35NS. The van der Waals surface area contributed by atoms with Gasteiger partial charge in [-0.3, -0.25) is 0 Å². The number of fused-ring (bicyclic) bond motifs is 5. The molecule has 1 aromatic heterocycles. The fourth-order valence-electron chi connectivity index (χ4n) is 7.95. The van der Waals surface area contributed by atoms with E-state index in [4.69, 9.17) is 0 Å². The molecule has 9 aromatic carbocycles. The lowest BCUT2D eigenvalue weighted by Crippen LogP contribution is -2.13. The summed E-state index contributed by atoms with van der Waals surface area (Å²) in [4.78, 5) is 2.52. The van der Waals surface area contributed by atoms with Gasteiger partial charge >= 0.3 is 0 Å². The van der Waals surface area contributed by atoms with Crippen molar-refractivity contribution >= 4 is 59.3 Å². The number of para-hydroxylation sites is 1. The van der Waals surface area contributed by atoms with E-state index in [2.05, 4.69) is 217 Å². The number of benzene rings is 9. The molecule has 0 saturated carbocycles. The highest BCUT2D eigenvalue weighted by atomic mass is 32.1. The highest BCUT2D eigenvalue weighted by molar-refractivity contribution is 7.26. The molecule has 0 atom stereocenters. The Hall–Kier alpha value is -6.74. The SMILES string of the molecule is c1ccc(-c2ccc(-c3ccccc3N(c3ccc(-c4ccccc4)cc3)c3c(-c4ccccc4)c4c5ccccc5sc4c4ccccc34)cc2)cc1. The molecule has 254 valence electrons. The van der Waals surface area contributed by atoms with Crippen LogP contribution >= 0.6 is 11.3 Å². The number of anilines is 3. The number of rotatable bonds is 7. The second-order valence-corrected chi connectivity index (χ2v) is 14.7. The van der Waals surface area contributed by atoms with Crippen molar-refractivity contribution < 1.29 is 0 Å². The fourth-order valence-corrected chi connectivity index (χ4v) is 9.20. The molecule has 10 aromatic rings. The molecule has 0 unspecified atom stereocenters. The van der Waals surface area contributed by atoms with E-state index in [-0.39, 0.29) is 0 Å². The third kappa shape index (κ3) is 5.56. The molecule has 0 aliphatic rings. The Balaban J connectivity index is 1.29. The van der Waals surface area contributed by atoms with Gasteiger partial charge in [0.05, 0.1) is 11.4 Å². The first-order valence-corrected chi connectivity index (χ1v) is 19.3. The Morgan fingerprint density at radius 2 is 0.796 bits per heavy atom. The highest BCUT2D eigenvalue weighted by Crippen LogP contribution is 2.54. The standard InChI is InChI=1S/C52H35NS/c1-4-16-36(17-5-1)38-28-30-40(31-29-38)43-22-12-14-26-47(43)53(42-34-32-39(33-35-42)37-18-6-2-7-19-37)51-44-23-10-11-24-45(44)52-50(46-25-13-15-27-48(46)54-52)49(51)41-20-8-3-9-21-41/h1-35H. The van der Waals surface area contributed by atoms with E-state index < -0.39 is 0 Å². The van der Waals surface area contributed by atoms with Crippen LogP contribution in [0.1, 0.15) is 0 Å². The third-order valence-electron chi connectivity index (χ3n) is 10.5. The van der Waals surface area contributed by atoms with Crippen molar-refractivity contribution in [2.24, 2.45) is 0 Å². The van der Waals surface area contributed by atoms with Crippen LogP contribution in [0, 0.1) is 0 Å². The van der Waals surface area contributed by atoms with Crippen molar-refractivity contribution in [3.63, 3.8) is 0 Å². The predicted molar refractivity (Wildman–Crippen MR) is 233 cm³/mol. The number of hydrogen-bond donors (Lipinski definition) is 0. The first kappa shape index (κ1) is 32.0. The van der Waals surface area contributed by atoms with E-state index in [1.165, 1.54) is 81.1 Å². The van der Waals surface area contributed by atoms with Crippen molar-refractivity contribution in [3.05, 3.63) is 212 Å². The van der Waals surface area contributed by atoms with Gasteiger partial charge in [-0.15, -0.1) is 11.3 Å². The quantitative estimate of drug-likeness (QED) is 0.160. The lowest BCUT2D eigenvalue weighted by Gasteiger charge is -2.32. The summed E-state index contributed by atoms with van der Waals surface area (Å²) in [5.74, 6) is 0. The summed E-state index contributed by atoms with van der Waals surface area (Å²) in [6, 6.07) is 77.1. The zero-order valence-corrected chi connectivity index (χ0v) is 30.4. The number of thiophene rings is 1. The molecule has 54 heavy (non-hydrogen) atoms. The van der Waals surface area contributed by atoms with E-state index in [1.54, 1.807) is 0 Å². The molecule has 1 heterocycles. The minimum atomic E-state index is 1.10. The summed E-state index contributed by atoms with van der Waals surface area (Å²) < 4.78 is 2.61. The van der Waals surface area contributed by atoms with Gasteiger partial charge in [0, 0.05) is 47.8 Å². The van der Waals surface area contributed by atoms with Gasteiger partial charge in [0.1, 0.15) is 0 Å². The third-order valence-corrected chi connectivity index (χ3v) is 11.7. The first-order chi connectivity index (χ1) is 26.8. The molecule has 0 N–H and O–H groups in total. The second kappa shape index (κ2) is 13.7. The van der Waals surface area contributed by atoms with Gasteiger partial charge in [0.25, 0.3) is 0 Å². The zero-order valence-electron chi connectivity index (χ0n) is 29.6. The molecule has 0 spiro atoms. The average Bonchev–Trinajstić information content (AvgIpc) is 3.65. The molecule has 0 amide bonds. The lowest BCUT2D eigenvalue weighted by atomic mass is 9.91. The van der Waals surface area contributed by atoms with Crippen molar-refractivity contribution in [1.29, 1.82) is 0 Å². The molecule has 1 nitrogen and oxygen atoms in total. The van der Waals surface area contributed by atoms with Crippen LogP contribution in [0.5, 0.6) is 0 Å². The monoisotopic (exact) mass is 705 g/mol. The van der Waals surface area contributed by atoms with Gasteiger partial charge < -0.3 is 4.90 Å². The average molecular weight is 706 g/mol. The molecule has 0 bridgehead atoms. The van der Waals surface area contributed by atoms with E-state index in [9.17, 15) is 0 Å². The van der Waals surface area contributed by atoms with Gasteiger partial charge in [0.2, 0.25) is 0 Å². The second-order valence-electron chi connectivity index (χ2n) is 13.6. The smallest absolute Gasteiger partial charge is 0.0625 e. The first-order valence-electron chi connectivity index (χ1n) is 18.4. The largest absolute Gasteiger partial charge is 0.309 e. The topological polar surface area (TPSA) is 3.24 Å². The molecule has 0 aliphatic heterocycles. The fraction of sp³-hybridized carbons (Fsp3) is 0. The van der Waals surface area contributed by atoms with Crippen molar-refractivity contribution in [2.45, 2.75) is 0 Å². The summed E-state index contributed by atoms with van der Waals surface area (Å²) in [6.07, 6.45) is 0. The summed E-state index contributed by atoms with van der Waals surface area (Å²) >= 11 is 1.89. The molecule has 0 fully saturated rings. The zero-order chi connectivity index (χ0) is 35.8. The van der Waals surface area contributed by atoms with Crippen LogP contribution in [0.4, 0.5) is 17.1 Å². The highest BCUT2D eigenvalue weighted by Gasteiger charge is 2.27. The maximum absolute atomic E-state index is 2.52. The lowest BCUT2D eigenvalue weighted by molar-refractivity contribution is 1.30. The maximum atomic E-state index is 2.52. The summed E-state index contributed by atoms with van der Waals surface area (Å²) in [7, 11) is 0. The number of nitrogens with zero attached hydrogens (tertiary/aromatic N) is 1. The van der Waals surface area contributed by atoms with Crippen molar-refractivity contribution in [2.75, 3.05) is 4.90 Å². The van der Waals surface area contributed by atoms with Gasteiger partial charge in [-0.05, 0) is 57.6 Å². The van der Waals surface area contributed by atoms with Crippen LogP contribution in [0.25, 0.3) is 75.5 Å². The van der Waals surface area contributed by atoms with Gasteiger partial charge in [-0.2, -0.15) is 0 Å². The molecular weight excluding hydrogens is 671 g/mol. The minimum Gasteiger partial charge on any atom is -0.309 e. The van der Waals surface area contributed by atoms with Crippen LogP contribution in [0.3, 0.4) is 0 Å². The molecule has 0 aliphatic carbocycles. The van der Waals surface area contributed by atoms with E-state index >= 15 is 0 Å². The molecule has 0 radical (unpaired) electrons. The molecule has 10 rings (SSSR count). The van der Waals surface area contributed by atoms with E-state index in [1.807, 2.05) is 11.3 Å². The summed E-state index contributed by atoms with van der Waals surface area (Å²) in [5, 5.41) is 5.06. The van der Waals surface area contributed by atoms with Gasteiger partial charge in [0.15, 0.2) is 0 Å². The van der Waals surface area contributed by atoms with Crippen LogP contribution in [-0.2, 0) is 0 Å². The predicted octanol–water partition coefficient (Wildman–Crippen LogP) is 15.3. The summed E-state index contributed by atoms with van der Waals surface area (Å²) in [5.41, 5.74) is 13.0. The Morgan fingerprint density at radius 1 is 0.333 bits per heavy atom. The van der Waals surface area contributed by atoms with Gasteiger partial charge in [-0.1, -0.05) is 188 Å². The van der Waals surface area contributed by atoms with E-state index in [0.29, 0.717) is 0 Å². The minimum absolute atomic E-state index is 1.10. The van der Waals surface area contributed by atoms with Gasteiger partial charge in [-0.25, -0.2) is 0 Å². The molecule has 2 heteroatoms. The van der Waals surface area contributed by atoms with Crippen LogP contribution in [0.15, 0.2) is 212 Å². The Morgan fingerprint density at radius 3 is 1.44 bits per heavy atom. The van der Waals surface area contributed by atoms with Crippen LogP contribution < -0.4 is 4.90 Å². The number of hydrogen-bond acceptors (Lipinski definition) is 2. The van der Waals surface area contributed by atoms with Crippen LogP contribution in [0.2, 0.25) is 0 Å². The Labute approximate surface area is 319 Å². The maximum Gasteiger partial charge on any atom is 0.0625 e. The Kier molecular flexibility index (Phi) is 8.09. The van der Waals surface area contributed by atoms with E-state index in [0.717, 1.165) is 11.4 Å². The molecule has 0 saturated heterocycles. The van der Waals surface area contributed by atoms with Crippen molar-refractivity contribution in [3.8, 4) is 44.5 Å². The van der Waals surface area contributed by atoms with Crippen molar-refractivity contribution in [1.82, 2.24) is 0 Å². The normalized spacial score (nSPS) is 11.3. The summed E-state index contributed by atoms with van der Waals surface area (Å²) in [6.45, 7) is 0.